The second kappa shape index (κ2) is 9.77. The lowest BCUT2D eigenvalue weighted by molar-refractivity contribution is 0.150. The maximum Gasteiger partial charge on any atom is 0.191 e. The SMILES string of the molecule is CN=C(NCCN1CCCN(C)CC1)NC1CCC2CCCCC2C1. The molecule has 1 saturated heterocycles. The van der Waals surface area contributed by atoms with Crippen molar-refractivity contribution in [1.29, 1.82) is 0 Å². The fraction of sp³-hybridized carbons (Fsp3) is 0.950. The molecule has 2 N–H and O–H groups in total. The summed E-state index contributed by atoms with van der Waals surface area (Å²) in [5.74, 6) is 2.99. The Balaban J connectivity index is 1.36. The highest BCUT2D eigenvalue weighted by molar-refractivity contribution is 5.79. The van der Waals surface area contributed by atoms with Gasteiger partial charge in [-0.3, -0.25) is 4.99 Å². The van der Waals surface area contributed by atoms with E-state index in [0.717, 1.165) is 30.9 Å². The molecule has 5 heteroatoms. The van der Waals surface area contributed by atoms with Crippen LogP contribution in [0.15, 0.2) is 4.99 Å². The van der Waals surface area contributed by atoms with Crippen molar-refractivity contribution in [2.45, 2.75) is 57.4 Å². The first kappa shape index (κ1) is 19.0. The van der Waals surface area contributed by atoms with Gasteiger partial charge in [-0.25, -0.2) is 0 Å². The number of nitrogens with one attached hydrogen (secondary N) is 2. The van der Waals surface area contributed by atoms with Crippen LogP contribution < -0.4 is 10.6 Å². The summed E-state index contributed by atoms with van der Waals surface area (Å²) in [6, 6.07) is 0.623. The highest BCUT2D eigenvalue weighted by atomic mass is 15.2. The summed E-state index contributed by atoms with van der Waals surface area (Å²) >= 11 is 0. The molecule has 0 bridgehead atoms. The average Bonchev–Trinajstić information content (AvgIpc) is 2.85. The van der Waals surface area contributed by atoms with Crippen LogP contribution in [0.2, 0.25) is 0 Å². The largest absolute Gasteiger partial charge is 0.355 e. The number of rotatable bonds is 4. The maximum atomic E-state index is 4.47. The molecule has 3 aliphatic rings. The van der Waals surface area contributed by atoms with Crippen LogP contribution in [0.3, 0.4) is 0 Å². The van der Waals surface area contributed by atoms with Gasteiger partial charge in [0.25, 0.3) is 0 Å². The lowest BCUT2D eigenvalue weighted by Gasteiger charge is -2.39. The van der Waals surface area contributed by atoms with Crippen LogP contribution in [-0.4, -0.2) is 75.2 Å². The zero-order chi connectivity index (χ0) is 17.5. The van der Waals surface area contributed by atoms with E-state index in [1.54, 1.807) is 0 Å². The molecule has 3 rings (SSSR count). The molecule has 3 unspecified atom stereocenters. The van der Waals surface area contributed by atoms with E-state index in [2.05, 4.69) is 32.5 Å². The highest BCUT2D eigenvalue weighted by Crippen LogP contribution is 2.40. The number of aliphatic imine (C=N–C) groups is 1. The van der Waals surface area contributed by atoms with E-state index in [1.165, 1.54) is 77.5 Å². The van der Waals surface area contributed by atoms with Gasteiger partial charge in [0.05, 0.1) is 0 Å². The quantitative estimate of drug-likeness (QED) is 0.603. The van der Waals surface area contributed by atoms with Crippen molar-refractivity contribution in [2.75, 3.05) is 53.4 Å². The predicted molar refractivity (Wildman–Crippen MR) is 106 cm³/mol. The molecule has 0 aromatic carbocycles. The van der Waals surface area contributed by atoms with Crippen molar-refractivity contribution in [3.63, 3.8) is 0 Å². The number of likely N-dealkylation sites (N-methyl/N-ethyl adjacent to an activating group) is 1. The molecule has 5 nitrogen and oxygen atoms in total. The molecule has 2 aliphatic carbocycles. The number of hydrogen-bond acceptors (Lipinski definition) is 3. The van der Waals surface area contributed by atoms with Crippen molar-refractivity contribution in [2.24, 2.45) is 16.8 Å². The first-order valence-electron chi connectivity index (χ1n) is 10.6. The second-order valence-electron chi connectivity index (χ2n) is 8.46. The van der Waals surface area contributed by atoms with E-state index >= 15 is 0 Å². The number of nitrogens with zero attached hydrogens (tertiary/aromatic N) is 3. The number of hydrogen-bond donors (Lipinski definition) is 2. The van der Waals surface area contributed by atoms with Crippen molar-refractivity contribution >= 4 is 5.96 Å². The van der Waals surface area contributed by atoms with E-state index < -0.39 is 0 Å². The van der Waals surface area contributed by atoms with Crippen LogP contribution in [0.1, 0.15) is 51.4 Å². The molecule has 0 radical (unpaired) electrons. The first-order valence-corrected chi connectivity index (χ1v) is 10.6. The Morgan fingerprint density at radius 2 is 1.80 bits per heavy atom. The van der Waals surface area contributed by atoms with Gasteiger partial charge in [0.1, 0.15) is 0 Å². The molecule has 1 heterocycles. The minimum Gasteiger partial charge on any atom is -0.355 e. The van der Waals surface area contributed by atoms with Crippen molar-refractivity contribution < 1.29 is 0 Å². The fourth-order valence-electron chi connectivity index (χ4n) is 5.05. The molecular weight excluding hydrogens is 310 g/mol. The van der Waals surface area contributed by atoms with Gasteiger partial charge in [0.2, 0.25) is 0 Å². The van der Waals surface area contributed by atoms with Gasteiger partial charge in [-0.05, 0) is 57.7 Å². The van der Waals surface area contributed by atoms with Gasteiger partial charge >= 0.3 is 0 Å². The van der Waals surface area contributed by atoms with E-state index in [0.29, 0.717) is 6.04 Å². The van der Waals surface area contributed by atoms with Crippen LogP contribution in [0, 0.1) is 11.8 Å². The zero-order valence-corrected chi connectivity index (χ0v) is 16.5. The molecule has 0 amide bonds. The van der Waals surface area contributed by atoms with Crippen LogP contribution in [0.25, 0.3) is 0 Å². The van der Waals surface area contributed by atoms with Crippen molar-refractivity contribution in [1.82, 2.24) is 20.4 Å². The minimum atomic E-state index is 0.623. The van der Waals surface area contributed by atoms with Gasteiger partial charge in [0, 0.05) is 39.3 Å². The second-order valence-corrected chi connectivity index (χ2v) is 8.46. The van der Waals surface area contributed by atoms with E-state index in [-0.39, 0.29) is 0 Å². The Morgan fingerprint density at radius 1 is 0.960 bits per heavy atom. The Labute approximate surface area is 154 Å². The monoisotopic (exact) mass is 349 g/mol. The normalized spacial score (nSPS) is 32.7. The third kappa shape index (κ3) is 5.85. The smallest absolute Gasteiger partial charge is 0.191 e. The summed E-state index contributed by atoms with van der Waals surface area (Å²) in [7, 11) is 4.14. The highest BCUT2D eigenvalue weighted by Gasteiger charge is 2.32. The average molecular weight is 350 g/mol. The van der Waals surface area contributed by atoms with Gasteiger partial charge in [-0.2, -0.15) is 0 Å². The Kier molecular flexibility index (Phi) is 7.41. The minimum absolute atomic E-state index is 0.623. The van der Waals surface area contributed by atoms with Gasteiger partial charge in [0.15, 0.2) is 5.96 Å². The molecule has 0 aromatic rings. The van der Waals surface area contributed by atoms with Crippen molar-refractivity contribution in [3.05, 3.63) is 0 Å². The summed E-state index contributed by atoms with van der Waals surface area (Å²) in [5, 5.41) is 7.26. The molecular formula is C20H39N5. The molecule has 3 atom stereocenters. The first-order chi connectivity index (χ1) is 12.2. The molecule has 0 aromatic heterocycles. The van der Waals surface area contributed by atoms with E-state index in [9.17, 15) is 0 Å². The maximum absolute atomic E-state index is 4.47. The van der Waals surface area contributed by atoms with Crippen LogP contribution in [0.4, 0.5) is 0 Å². The van der Waals surface area contributed by atoms with Crippen LogP contribution in [0.5, 0.6) is 0 Å². The summed E-state index contributed by atoms with van der Waals surface area (Å²) < 4.78 is 0. The van der Waals surface area contributed by atoms with E-state index in [1.807, 2.05) is 7.05 Å². The van der Waals surface area contributed by atoms with Crippen molar-refractivity contribution in [3.8, 4) is 0 Å². The Hall–Kier alpha value is -0.810. The zero-order valence-electron chi connectivity index (χ0n) is 16.5. The third-order valence-electron chi connectivity index (χ3n) is 6.64. The number of guanidine groups is 1. The summed E-state index contributed by atoms with van der Waals surface area (Å²) in [6.07, 6.45) is 11.2. The molecule has 3 fully saturated rings. The predicted octanol–water partition coefficient (Wildman–Crippen LogP) is 2.15. The Morgan fingerprint density at radius 3 is 2.64 bits per heavy atom. The van der Waals surface area contributed by atoms with Gasteiger partial charge in [-0.15, -0.1) is 0 Å². The third-order valence-corrected chi connectivity index (χ3v) is 6.64. The molecule has 0 spiro atoms. The summed E-state index contributed by atoms with van der Waals surface area (Å²) in [5.41, 5.74) is 0. The lowest BCUT2D eigenvalue weighted by atomic mass is 9.69. The lowest BCUT2D eigenvalue weighted by Crippen LogP contribution is -2.48. The molecule has 1 aliphatic heterocycles. The fourth-order valence-corrected chi connectivity index (χ4v) is 5.05. The molecule has 144 valence electrons. The van der Waals surface area contributed by atoms with Crippen LogP contribution in [-0.2, 0) is 0 Å². The topological polar surface area (TPSA) is 42.9 Å². The summed E-state index contributed by atoms with van der Waals surface area (Å²) in [4.78, 5) is 9.49. The van der Waals surface area contributed by atoms with Gasteiger partial charge < -0.3 is 20.4 Å². The van der Waals surface area contributed by atoms with Crippen LogP contribution >= 0.6 is 0 Å². The molecule has 25 heavy (non-hydrogen) atoms. The van der Waals surface area contributed by atoms with E-state index in [4.69, 9.17) is 0 Å². The summed E-state index contributed by atoms with van der Waals surface area (Å²) in [6.45, 7) is 6.94. The number of fused-ring (bicyclic) bond motifs is 1. The standard InChI is InChI=1S/C20H39N5/c1-21-20(22-10-13-25-12-5-11-24(2)14-15-25)23-19-9-8-17-6-3-4-7-18(17)16-19/h17-19H,3-16H2,1-2H3,(H2,21,22,23). The van der Waals surface area contributed by atoms with Gasteiger partial charge in [-0.1, -0.05) is 25.7 Å². The Bertz CT molecular complexity index is 424. The molecule has 2 saturated carbocycles.